The molecule has 5 heteroatoms. The summed E-state index contributed by atoms with van der Waals surface area (Å²) in [7, 11) is 0. The summed E-state index contributed by atoms with van der Waals surface area (Å²) in [6.07, 6.45) is 5.37. The van der Waals surface area contributed by atoms with Gasteiger partial charge in [0.1, 0.15) is 0 Å². The molecule has 0 unspecified atom stereocenters. The minimum atomic E-state index is 0.198. The third kappa shape index (κ3) is 2.62. The topological polar surface area (TPSA) is 49.6 Å². The van der Waals surface area contributed by atoms with Crippen molar-refractivity contribution in [1.82, 2.24) is 9.38 Å². The summed E-state index contributed by atoms with van der Waals surface area (Å²) in [6.45, 7) is 0.993. The Hall–Kier alpha value is -1.85. The van der Waals surface area contributed by atoms with Crippen LogP contribution in [0.5, 0.6) is 0 Å². The smallest absolute Gasteiger partial charge is 0.194 e. The van der Waals surface area contributed by atoms with Gasteiger partial charge in [0, 0.05) is 29.8 Å². The molecule has 0 saturated heterocycles. The molecular formula is C17H19N3OS. The molecule has 2 heterocycles. The standard InChI is InChI=1S/C17H19N3OS/c21-9-7-12-1-5-14(6-2-12)18-11-15-16(13-3-4-13)19-17-20(15)8-10-22-17/h1-2,5-6,8,10,13,18,21H,3-4,7,9,11H2. The molecule has 4 rings (SSSR count). The molecule has 2 N–H and O–H groups in total. The third-order valence-corrected chi connectivity index (χ3v) is 4.93. The van der Waals surface area contributed by atoms with E-state index in [1.54, 1.807) is 11.3 Å². The molecule has 0 aliphatic heterocycles. The van der Waals surface area contributed by atoms with Gasteiger partial charge in [-0.25, -0.2) is 4.98 Å². The molecule has 1 saturated carbocycles. The van der Waals surface area contributed by atoms with Gasteiger partial charge in [-0.2, -0.15) is 0 Å². The van der Waals surface area contributed by atoms with Crippen LogP contribution < -0.4 is 5.32 Å². The van der Waals surface area contributed by atoms with E-state index in [1.807, 2.05) is 0 Å². The van der Waals surface area contributed by atoms with E-state index in [2.05, 4.69) is 45.6 Å². The molecule has 0 amide bonds. The first-order chi connectivity index (χ1) is 10.8. The summed E-state index contributed by atoms with van der Waals surface area (Å²) in [5.41, 5.74) is 4.83. The maximum Gasteiger partial charge on any atom is 0.194 e. The van der Waals surface area contributed by atoms with Gasteiger partial charge in [-0.1, -0.05) is 12.1 Å². The molecule has 1 aliphatic carbocycles. The largest absolute Gasteiger partial charge is 0.396 e. The van der Waals surface area contributed by atoms with Crippen LogP contribution in [0.4, 0.5) is 5.69 Å². The van der Waals surface area contributed by atoms with Gasteiger partial charge < -0.3 is 10.4 Å². The Morgan fingerprint density at radius 2 is 2.09 bits per heavy atom. The number of aromatic nitrogens is 2. The number of imidazole rings is 1. The van der Waals surface area contributed by atoms with Gasteiger partial charge in [0.15, 0.2) is 4.96 Å². The summed E-state index contributed by atoms with van der Waals surface area (Å²) < 4.78 is 2.21. The van der Waals surface area contributed by atoms with Crippen LogP contribution in [0.25, 0.3) is 4.96 Å². The molecule has 3 aromatic rings. The Morgan fingerprint density at radius 3 is 2.82 bits per heavy atom. The highest BCUT2D eigenvalue weighted by molar-refractivity contribution is 7.15. The zero-order valence-electron chi connectivity index (χ0n) is 12.3. The first kappa shape index (κ1) is 13.8. The molecule has 1 fully saturated rings. The number of nitrogens with one attached hydrogen (secondary N) is 1. The van der Waals surface area contributed by atoms with E-state index in [0.29, 0.717) is 12.3 Å². The van der Waals surface area contributed by atoms with Crippen molar-refractivity contribution in [3.63, 3.8) is 0 Å². The quantitative estimate of drug-likeness (QED) is 0.733. The molecule has 1 aromatic carbocycles. The van der Waals surface area contributed by atoms with Gasteiger partial charge in [0.05, 0.1) is 17.9 Å². The van der Waals surface area contributed by atoms with Crippen molar-refractivity contribution in [1.29, 1.82) is 0 Å². The van der Waals surface area contributed by atoms with Crippen molar-refractivity contribution in [3.05, 3.63) is 52.8 Å². The second kappa shape index (κ2) is 5.74. The van der Waals surface area contributed by atoms with Crippen LogP contribution >= 0.6 is 11.3 Å². The molecule has 2 aromatic heterocycles. The van der Waals surface area contributed by atoms with E-state index in [-0.39, 0.29) is 6.61 Å². The summed E-state index contributed by atoms with van der Waals surface area (Å²) >= 11 is 1.70. The van der Waals surface area contributed by atoms with Gasteiger partial charge in [-0.15, -0.1) is 11.3 Å². The van der Waals surface area contributed by atoms with Crippen LogP contribution in [0.2, 0.25) is 0 Å². The molecule has 0 radical (unpaired) electrons. The fourth-order valence-corrected chi connectivity index (χ4v) is 3.55. The molecule has 0 bridgehead atoms. The van der Waals surface area contributed by atoms with Crippen molar-refractivity contribution in [2.24, 2.45) is 0 Å². The molecule has 0 atom stereocenters. The second-order valence-electron chi connectivity index (χ2n) is 5.80. The van der Waals surface area contributed by atoms with Crippen molar-refractivity contribution in [3.8, 4) is 0 Å². The van der Waals surface area contributed by atoms with Crippen molar-refractivity contribution in [2.75, 3.05) is 11.9 Å². The Bertz CT molecular complexity index is 771. The molecule has 4 nitrogen and oxygen atoms in total. The van der Waals surface area contributed by atoms with E-state index >= 15 is 0 Å². The van der Waals surface area contributed by atoms with Crippen molar-refractivity contribution in [2.45, 2.75) is 31.7 Å². The van der Waals surface area contributed by atoms with Gasteiger partial charge in [0.25, 0.3) is 0 Å². The fraction of sp³-hybridized carbons (Fsp3) is 0.353. The fourth-order valence-electron chi connectivity index (χ4n) is 2.81. The zero-order chi connectivity index (χ0) is 14.9. The van der Waals surface area contributed by atoms with Gasteiger partial charge in [-0.05, 0) is 37.0 Å². The number of nitrogens with zero attached hydrogens (tertiary/aromatic N) is 2. The number of aliphatic hydroxyl groups is 1. The SMILES string of the molecule is OCCc1ccc(NCc2c(C3CC3)nc3sccn23)cc1. The molecule has 0 spiro atoms. The second-order valence-corrected chi connectivity index (χ2v) is 6.67. The summed E-state index contributed by atoms with van der Waals surface area (Å²) in [5, 5.41) is 14.6. The number of anilines is 1. The average molecular weight is 313 g/mol. The van der Waals surface area contributed by atoms with Crippen molar-refractivity contribution >= 4 is 22.0 Å². The Balaban J connectivity index is 1.53. The number of aliphatic hydroxyl groups excluding tert-OH is 1. The van der Waals surface area contributed by atoms with Gasteiger partial charge >= 0.3 is 0 Å². The average Bonchev–Trinajstić information content (AvgIpc) is 3.17. The number of hydrogen-bond donors (Lipinski definition) is 2. The number of hydrogen-bond acceptors (Lipinski definition) is 4. The lowest BCUT2D eigenvalue weighted by atomic mass is 10.1. The number of thiazole rings is 1. The van der Waals surface area contributed by atoms with Gasteiger partial charge in [-0.3, -0.25) is 4.40 Å². The number of benzene rings is 1. The van der Waals surface area contributed by atoms with E-state index < -0.39 is 0 Å². The Morgan fingerprint density at radius 1 is 1.27 bits per heavy atom. The molecule has 1 aliphatic rings. The first-order valence-electron chi connectivity index (χ1n) is 7.73. The summed E-state index contributed by atoms with van der Waals surface area (Å²) in [4.78, 5) is 5.89. The van der Waals surface area contributed by atoms with Crippen molar-refractivity contribution < 1.29 is 5.11 Å². The van der Waals surface area contributed by atoms with E-state index in [0.717, 1.165) is 22.8 Å². The Kier molecular flexibility index (Phi) is 3.60. The third-order valence-electron chi connectivity index (χ3n) is 4.17. The first-order valence-corrected chi connectivity index (χ1v) is 8.61. The highest BCUT2D eigenvalue weighted by Crippen LogP contribution is 2.41. The summed E-state index contributed by atoms with van der Waals surface area (Å²) in [6, 6.07) is 8.29. The van der Waals surface area contributed by atoms with Crippen LogP contribution in [-0.2, 0) is 13.0 Å². The number of fused-ring (bicyclic) bond motifs is 1. The van der Waals surface area contributed by atoms with Crippen LogP contribution in [0.15, 0.2) is 35.8 Å². The zero-order valence-corrected chi connectivity index (χ0v) is 13.1. The van der Waals surface area contributed by atoms with Crippen LogP contribution in [0, 0.1) is 0 Å². The summed E-state index contributed by atoms with van der Waals surface area (Å²) in [5.74, 6) is 0.663. The monoisotopic (exact) mass is 313 g/mol. The minimum absolute atomic E-state index is 0.198. The lowest BCUT2D eigenvalue weighted by Crippen LogP contribution is -2.04. The van der Waals surface area contributed by atoms with Crippen LogP contribution in [0.3, 0.4) is 0 Å². The highest BCUT2D eigenvalue weighted by atomic mass is 32.1. The minimum Gasteiger partial charge on any atom is -0.396 e. The van der Waals surface area contributed by atoms with Crippen LogP contribution in [-0.4, -0.2) is 21.1 Å². The maximum absolute atomic E-state index is 8.96. The highest BCUT2D eigenvalue weighted by Gasteiger charge is 2.30. The molecular weight excluding hydrogens is 294 g/mol. The normalized spacial score (nSPS) is 14.6. The van der Waals surface area contributed by atoms with E-state index in [1.165, 1.54) is 24.2 Å². The lowest BCUT2D eigenvalue weighted by molar-refractivity contribution is 0.299. The van der Waals surface area contributed by atoms with Gasteiger partial charge in [0.2, 0.25) is 0 Å². The predicted octanol–water partition coefficient (Wildman–Crippen LogP) is 3.42. The molecule has 22 heavy (non-hydrogen) atoms. The van der Waals surface area contributed by atoms with E-state index in [4.69, 9.17) is 10.1 Å². The molecule has 114 valence electrons. The predicted molar refractivity (Wildman–Crippen MR) is 89.6 cm³/mol. The number of rotatable bonds is 6. The lowest BCUT2D eigenvalue weighted by Gasteiger charge is -2.08. The maximum atomic E-state index is 8.96. The van der Waals surface area contributed by atoms with Crippen LogP contribution in [0.1, 0.15) is 35.7 Å². The van der Waals surface area contributed by atoms with E-state index in [9.17, 15) is 0 Å². The Labute approximate surface area is 133 Å².